The summed E-state index contributed by atoms with van der Waals surface area (Å²) < 4.78 is 0. The van der Waals surface area contributed by atoms with Crippen molar-refractivity contribution >= 4 is 11.7 Å². The van der Waals surface area contributed by atoms with Gasteiger partial charge in [-0.15, -0.1) is 0 Å². The third-order valence-corrected chi connectivity index (χ3v) is 3.36. The van der Waals surface area contributed by atoms with Crippen molar-refractivity contribution in [2.24, 2.45) is 0 Å². The molecule has 0 amide bonds. The molecular weight excluding hydrogens is 214 g/mol. The van der Waals surface area contributed by atoms with Crippen molar-refractivity contribution in [3.63, 3.8) is 0 Å². The minimum Gasteiger partial charge on any atom is -0.481 e. The maximum absolute atomic E-state index is 10.4. The van der Waals surface area contributed by atoms with Crippen molar-refractivity contribution < 1.29 is 9.90 Å². The second-order valence-electron chi connectivity index (χ2n) is 4.67. The molecule has 0 saturated carbocycles. The molecule has 0 radical (unpaired) electrons. The van der Waals surface area contributed by atoms with Crippen molar-refractivity contribution in [3.05, 3.63) is 29.3 Å². The number of carboxylic acids is 1. The molecule has 17 heavy (non-hydrogen) atoms. The fraction of sp³-hybridized carbons (Fsp3) is 0.500. The fourth-order valence-corrected chi connectivity index (χ4v) is 2.54. The SMILES string of the molecule is Cc1cccc2c1N(CCCCC(=O)O)CC2. The van der Waals surface area contributed by atoms with E-state index in [1.54, 1.807) is 0 Å². The predicted octanol–water partition coefficient (Wildman–Crippen LogP) is 2.61. The molecule has 0 aliphatic carbocycles. The molecule has 0 saturated heterocycles. The molecule has 0 atom stereocenters. The topological polar surface area (TPSA) is 40.5 Å². The van der Waals surface area contributed by atoms with E-state index in [2.05, 4.69) is 30.0 Å². The average molecular weight is 233 g/mol. The normalized spacial score (nSPS) is 13.8. The number of benzene rings is 1. The lowest BCUT2D eigenvalue weighted by Crippen LogP contribution is -2.22. The van der Waals surface area contributed by atoms with Crippen LogP contribution in [0.3, 0.4) is 0 Å². The van der Waals surface area contributed by atoms with E-state index in [0.717, 1.165) is 32.4 Å². The highest BCUT2D eigenvalue weighted by atomic mass is 16.4. The Kier molecular flexibility index (Phi) is 3.67. The van der Waals surface area contributed by atoms with E-state index in [1.165, 1.54) is 16.8 Å². The Bertz CT molecular complexity index is 415. The molecule has 3 nitrogen and oxygen atoms in total. The van der Waals surface area contributed by atoms with Crippen molar-refractivity contribution in [1.29, 1.82) is 0 Å². The number of anilines is 1. The van der Waals surface area contributed by atoms with E-state index in [9.17, 15) is 4.79 Å². The maximum Gasteiger partial charge on any atom is 0.303 e. The van der Waals surface area contributed by atoms with Crippen LogP contribution < -0.4 is 4.90 Å². The van der Waals surface area contributed by atoms with Crippen LogP contribution in [-0.4, -0.2) is 24.2 Å². The Morgan fingerprint density at radius 2 is 2.24 bits per heavy atom. The molecule has 0 aromatic heterocycles. The van der Waals surface area contributed by atoms with Crippen molar-refractivity contribution in [1.82, 2.24) is 0 Å². The highest BCUT2D eigenvalue weighted by Gasteiger charge is 2.19. The number of unbranched alkanes of at least 4 members (excludes halogenated alkanes) is 1. The molecule has 0 unspecified atom stereocenters. The molecule has 1 aromatic rings. The first-order valence-corrected chi connectivity index (χ1v) is 6.23. The molecule has 0 spiro atoms. The molecule has 1 aromatic carbocycles. The third kappa shape index (κ3) is 2.78. The van der Waals surface area contributed by atoms with Crippen molar-refractivity contribution in [2.45, 2.75) is 32.6 Å². The van der Waals surface area contributed by atoms with Crippen LogP contribution in [0.25, 0.3) is 0 Å². The maximum atomic E-state index is 10.4. The molecular formula is C14H19NO2. The molecule has 2 rings (SSSR count). The van der Waals surface area contributed by atoms with Gasteiger partial charge in [-0.3, -0.25) is 4.79 Å². The number of fused-ring (bicyclic) bond motifs is 1. The largest absolute Gasteiger partial charge is 0.481 e. The molecule has 1 aliphatic rings. The van der Waals surface area contributed by atoms with Gasteiger partial charge in [-0.2, -0.15) is 0 Å². The summed E-state index contributed by atoms with van der Waals surface area (Å²) in [4.78, 5) is 12.8. The van der Waals surface area contributed by atoms with Gasteiger partial charge >= 0.3 is 5.97 Å². The van der Waals surface area contributed by atoms with Gasteiger partial charge < -0.3 is 10.0 Å². The predicted molar refractivity (Wildman–Crippen MR) is 68.6 cm³/mol. The number of carbonyl (C=O) groups is 1. The Hall–Kier alpha value is -1.51. The van der Waals surface area contributed by atoms with Gasteiger partial charge in [-0.1, -0.05) is 18.2 Å². The average Bonchev–Trinajstić information content (AvgIpc) is 2.69. The Morgan fingerprint density at radius 3 is 3.00 bits per heavy atom. The van der Waals surface area contributed by atoms with E-state index in [0.29, 0.717) is 0 Å². The fourth-order valence-electron chi connectivity index (χ4n) is 2.54. The summed E-state index contributed by atoms with van der Waals surface area (Å²) in [7, 11) is 0. The number of rotatable bonds is 5. The van der Waals surface area contributed by atoms with E-state index < -0.39 is 5.97 Å². The number of hydrogen-bond donors (Lipinski definition) is 1. The van der Waals surface area contributed by atoms with Crippen LogP contribution in [0.15, 0.2) is 18.2 Å². The summed E-state index contributed by atoms with van der Waals surface area (Å²) >= 11 is 0. The minimum atomic E-state index is -0.692. The summed E-state index contributed by atoms with van der Waals surface area (Å²) in [6.07, 6.45) is 3.14. The lowest BCUT2D eigenvalue weighted by Gasteiger charge is -2.21. The summed E-state index contributed by atoms with van der Waals surface area (Å²) in [6, 6.07) is 6.45. The zero-order valence-electron chi connectivity index (χ0n) is 10.3. The van der Waals surface area contributed by atoms with Crippen LogP contribution in [0.2, 0.25) is 0 Å². The summed E-state index contributed by atoms with van der Waals surface area (Å²) in [6.45, 7) is 4.20. The zero-order valence-corrected chi connectivity index (χ0v) is 10.3. The number of aliphatic carboxylic acids is 1. The first kappa shape index (κ1) is 12.0. The van der Waals surface area contributed by atoms with Crippen molar-refractivity contribution in [2.75, 3.05) is 18.0 Å². The van der Waals surface area contributed by atoms with Crippen LogP contribution >= 0.6 is 0 Å². The number of hydrogen-bond acceptors (Lipinski definition) is 2. The second kappa shape index (κ2) is 5.21. The minimum absolute atomic E-state index is 0.286. The monoisotopic (exact) mass is 233 g/mol. The Labute approximate surface area is 102 Å². The summed E-state index contributed by atoms with van der Waals surface area (Å²) in [5, 5.41) is 8.59. The highest BCUT2D eigenvalue weighted by molar-refractivity contribution is 5.66. The van der Waals surface area contributed by atoms with E-state index in [1.807, 2.05) is 0 Å². The van der Waals surface area contributed by atoms with Gasteiger partial charge in [0.25, 0.3) is 0 Å². The van der Waals surface area contributed by atoms with Crippen LogP contribution in [0.5, 0.6) is 0 Å². The quantitative estimate of drug-likeness (QED) is 0.795. The van der Waals surface area contributed by atoms with Crippen molar-refractivity contribution in [3.8, 4) is 0 Å². The van der Waals surface area contributed by atoms with Crippen LogP contribution in [-0.2, 0) is 11.2 Å². The van der Waals surface area contributed by atoms with Gasteiger partial charge in [0.15, 0.2) is 0 Å². The van der Waals surface area contributed by atoms with Crippen LogP contribution in [0.4, 0.5) is 5.69 Å². The second-order valence-corrected chi connectivity index (χ2v) is 4.67. The highest BCUT2D eigenvalue weighted by Crippen LogP contribution is 2.31. The molecule has 0 fully saturated rings. The van der Waals surface area contributed by atoms with Gasteiger partial charge in [0.05, 0.1) is 0 Å². The number of para-hydroxylation sites is 1. The molecule has 0 bridgehead atoms. The van der Waals surface area contributed by atoms with E-state index in [-0.39, 0.29) is 6.42 Å². The lowest BCUT2D eigenvalue weighted by molar-refractivity contribution is -0.137. The van der Waals surface area contributed by atoms with Gasteiger partial charge in [-0.05, 0) is 37.3 Å². The number of nitrogens with zero attached hydrogens (tertiary/aromatic N) is 1. The molecule has 1 aliphatic heterocycles. The smallest absolute Gasteiger partial charge is 0.303 e. The van der Waals surface area contributed by atoms with Gasteiger partial charge in [0, 0.05) is 25.2 Å². The first-order chi connectivity index (χ1) is 8.18. The van der Waals surface area contributed by atoms with E-state index in [4.69, 9.17) is 5.11 Å². The number of aryl methyl sites for hydroxylation is 1. The third-order valence-electron chi connectivity index (χ3n) is 3.36. The zero-order chi connectivity index (χ0) is 12.3. The van der Waals surface area contributed by atoms with Crippen LogP contribution in [0, 0.1) is 6.92 Å². The molecule has 1 heterocycles. The van der Waals surface area contributed by atoms with Gasteiger partial charge in [-0.25, -0.2) is 0 Å². The van der Waals surface area contributed by atoms with E-state index >= 15 is 0 Å². The Balaban J connectivity index is 1.91. The lowest BCUT2D eigenvalue weighted by atomic mass is 10.1. The molecule has 3 heteroatoms. The van der Waals surface area contributed by atoms with Gasteiger partial charge in [0.2, 0.25) is 0 Å². The first-order valence-electron chi connectivity index (χ1n) is 6.23. The Morgan fingerprint density at radius 1 is 1.41 bits per heavy atom. The molecule has 1 N–H and O–H groups in total. The summed E-state index contributed by atoms with van der Waals surface area (Å²) in [5.74, 6) is -0.692. The van der Waals surface area contributed by atoms with Crippen LogP contribution in [0.1, 0.15) is 30.4 Å². The standard InChI is InChI=1S/C14H19NO2/c1-11-5-4-6-12-8-10-15(14(11)12)9-3-2-7-13(16)17/h4-6H,2-3,7-10H2,1H3,(H,16,17). The molecule has 92 valence electrons. The van der Waals surface area contributed by atoms with Gasteiger partial charge in [0.1, 0.15) is 0 Å². The summed E-state index contributed by atoms with van der Waals surface area (Å²) in [5.41, 5.74) is 4.14. The number of carboxylic acid groups (broad SMARTS) is 1.